The molecule has 2 rings (SSSR count). The zero-order chi connectivity index (χ0) is 17.5. The molecular formula is C14H16N6O4. The molecule has 0 bridgehead atoms. The number of imide groups is 1. The molecular weight excluding hydrogens is 316 g/mol. The van der Waals surface area contributed by atoms with Crippen LogP contribution in [0.5, 0.6) is 0 Å². The molecule has 0 fully saturated rings. The van der Waals surface area contributed by atoms with Gasteiger partial charge in [-0.25, -0.2) is 14.3 Å². The van der Waals surface area contributed by atoms with Crippen molar-refractivity contribution in [3.8, 4) is 5.69 Å². The molecule has 1 aromatic heterocycles. The molecule has 1 heterocycles. The van der Waals surface area contributed by atoms with E-state index in [1.165, 1.54) is 30.1 Å². The maximum atomic E-state index is 12.1. The molecule has 1 aromatic carbocycles. The molecule has 0 spiro atoms. The third kappa shape index (κ3) is 4.35. The fourth-order valence-electron chi connectivity index (χ4n) is 1.76. The van der Waals surface area contributed by atoms with E-state index in [2.05, 4.69) is 26.2 Å². The van der Waals surface area contributed by atoms with Crippen molar-refractivity contribution in [3.63, 3.8) is 0 Å². The van der Waals surface area contributed by atoms with Crippen LogP contribution in [-0.4, -0.2) is 50.8 Å². The van der Waals surface area contributed by atoms with Gasteiger partial charge in [0.1, 0.15) is 6.33 Å². The molecule has 0 aliphatic rings. The number of aromatic nitrogens is 4. The summed E-state index contributed by atoms with van der Waals surface area (Å²) in [6, 6.07) is 5.74. The summed E-state index contributed by atoms with van der Waals surface area (Å²) in [7, 11) is 0. The zero-order valence-corrected chi connectivity index (χ0v) is 13.1. The summed E-state index contributed by atoms with van der Waals surface area (Å²) < 4.78 is 6.43. The highest BCUT2D eigenvalue weighted by Gasteiger charge is 2.20. The molecule has 10 nitrogen and oxygen atoms in total. The van der Waals surface area contributed by atoms with E-state index < -0.39 is 24.0 Å². The molecule has 2 N–H and O–H groups in total. The molecule has 2 aromatic rings. The minimum absolute atomic E-state index is 0.223. The second-order valence-corrected chi connectivity index (χ2v) is 4.70. The number of nitrogens with one attached hydrogen (secondary N) is 2. The first-order chi connectivity index (χ1) is 11.5. The quantitative estimate of drug-likeness (QED) is 0.740. The SMILES string of the molecule is CCNC(=O)NC(=O)C(C)OC(=O)c1cccc(-n2cnnn2)c1. The van der Waals surface area contributed by atoms with Crippen LogP contribution < -0.4 is 10.6 Å². The van der Waals surface area contributed by atoms with E-state index in [0.717, 1.165) is 0 Å². The second kappa shape index (κ2) is 7.81. The molecule has 0 saturated carbocycles. The van der Waals surface area contributed by atoms with E-state index in [0.29, 0.717) is 12.2 Å². The third-order valence-corrected chi connectivity index (χ3v) is 2.92. The van der Waals surface area contributed by atoms with Gasteiger partial charge in [-0.1, -0.05) is 6.07 Å². The van der Waals surface area contributed by atoms with Crippen LogP contribution in [0.1, 0.15) is 24.2 Å². The van der Waals surface area contributed by atoms with Gasteiger partial charge < -0.3 is 10.1 Å². The Labute approximate surface area is 137 Å². The van der Waals surface area contributed by atoms with Crippen molar-refractivity contribution in [1.82, 2.24) is 30.8 Å². The number of ether oxygens (including phenoxy) is 1. The second-order valence-electron chi connectivity index (χ2n) is 4.70. The predicted molar refractivity (Wildman–Crippen MR) is 81.2 cm³/mol. The number of nitrogens with zero attached hydrogens (tertiary/aromatic N) is 4. The topological polar surface area (TPSA) is 128 Å². The van der Waals surface area contributed by atoms with E-state index in [9.17, 15) is 14.4 Å². The molecule has 10 heteroatoms. The number of urea groups is 1. The molecule has 0 aliphatic heterocycles. The predicted octanol–water partition coefficient (Wildman–Crippen LogP) is 0.0533. The highest BCUT2D eigenvalue weighted by molar-refractivity contribution is 5.98. The van der Waals surface area contributed by atoms with Crippen LogP contribution >= 0.6 is 0 Å². The average Bonchev–Trinajstić information content (AvgIpc) is 3.09. The van der Waals surface area contributed by atoms with Crippen LogP contribution in [0.3, 0.4) is 0 Å². The van der Waals surface area contributed by atoms with Gasteiger partial charge in [0.15, 0.2) is 6.10 Å². The lowest BCUT2D eigenvalue weighted by molar-refractivity contribution is -0.127. The molecule has 0 aliphatic carbocycles. The van der Waals surface area contributed by atoms with Gasteiger partial charge in [0.25, 0.3) is 5.91 Å². The number of tetrazole rings is 1. The van der Waals surface area contributed by atoms with Crippen LogP contribution in [0.15, 0.2) is 30.6 Å². The largest absolute Gasteiger partial charge is 0.449 e. The fraction of sp³-hybridized carbons (Fsp3) is 0.286. The fourth-order valence-corrected chi connectivity index (χ4v) is 1.76. The Hall–Kier alpha value is -3.30. The van der Waals surface area contributed by atoms with E-state index >= 15 is 0 Å². The summed E-state index contributed by atoms with van der Waals surface area (Å²) in [5.41, 5.74) is 0.787. The lowest BCUT2D eigenvalue weighted by atomic mass is 10.2. The summed E-state index contributed by atoms with van der Waals surface area (Å²) in [6.45, 7) is 3.46. The van der Waals surface area contributed by atoms with Crippen LogP contribution in [0, 0.1) is 0 Å². The number of hydrogen-bond acceptors (Lipinski definition) is 7. The Bertz CT molecular complexity index is 731. The molecule has 1 atom stereocenters. The van der Waals surface area contributed by atoms with E-state index in [1.807, 2.05) is 0 Å². The van der Waals surface area contributed by atoms with Crippen LogP contribution in [0.25, 0.3) is 5.69 Å². The molecule has 3 amide bonds. The van der Waals surface area contributed by atoms with Crippen LogP contribution in [-0.2, 0) is 9.53 Å². The van der Waals surface area contributed by atoms with Crippen molar-refractivity contribution < 1.29 is 19.1 Å². The minimum Gasteiger partial charge on any atom is -0.449 e. The maximum absolute atomic E-state index is 12.1. The number of carbonyl (C=O) groups excluding carboxylic acids is 3. The Kier molecular flexibility index (Phi) is 5.55. The normalized spacial score (nSPS) is 11.4. The van der Waals surface area contributed by atoms with E-state index in [4.69, 9.17) is 4.74 Å². The minimum atomic E-state index is -1.13. The van der Waals surface area contributed by atoms with E-state index in [-0.39, 0.29) is 5.56 Å². The summed E-state index contributed by atoms with van der Waals surface area (Å²) >= 11 is 0. The smallest absolute Gasteiger partial charge is 0.338 e. The zero-order valence-electron chi connectivity index (χ0n) is 13.1. The van der Waals surface area contributed by atoms with Crippen LogP contribution in [0.2, 0.25) is 0 Å². The number of carbonyl (C=O) groups is 3. The third-order valence-electron chi connectivity index (χ3n) is 2.92. The molecule has 1 unspecified atom stereocenters. The van der Waals surface area contributed by atoms with Crippen molar-refractivity contribution in [2.75, 3.05) is 6.54 Å². The molecule has 0 saturated heterocycles. The summed E-state index contributed by atoms with van der Waals surface area (Å²) in [4.78, 5) is 35.2. The van der Waals surface area contributed by atoms with Gasteiger partial charge in [-0.2, -0.15) is 0 Å². The maximum Gasteiger partial charge on any atom is 0.338 e. The number of esters is 1. The van der Waals surface area contributed by atoms with Gasteiger partial charge in [0, 0.05) is 6.54 Å². The van der Waals surface area contributed by atoms with Gasteiger partial charge in [-0.3, -0.25) is 10.1 Å². The van der Waals surface area contributed by atoms with Crippen molar-refractivity contribution in [2.24, 2.45) is 0 Å². The van der Waals surface area contributed by atoms with Crippen LogP contribution in [0.4, 0.5) is 4.79 Å². The van der Waals surface area contributed by atoms with Crippen molar-refractivity contribution >= 4 is 17.9 Å². The van der Waals surface area contributed by atoms with Gasteiger partial charge in [0.2, 0.25) is 0 Å². The average molecular weight is 332 g/mol. The highest BCUT2D eigenvalue weighted by atomic mass is 16.5. The van der Waals surface area contributed by atoms with E-state index in [1.54, 1.807) is 19.1 Å². The Morgan fingerprint density at radius 2 is 2.12 bits per heavy atom. The first-order valence-electron chi connectivity index (χ1n) is 7.14. The first-order valence-corrected chi connectivity index (χ1v) is 7.14. The summed E-state index contributed by atoms with van der Waals surface area (Å²) in [5.74, 6) is -1.42. The standard InChI is InChI=1S/C14H16N6O4/c1-3-15-14(23)17-12(21)9(2)24-13(22)10-5-4-6-11(7-10)20-8-16-18-19-20/h4-9H,3H2,1-2H3,(H2,15,17,21,23). The van der Waals surface area contributed by atoms with Crippen molar-refractivity contribution in [2.45, 2.75) is 20.0 Å². The Balaban J connectivity index is 2.00. The van der Waals surface area contributed by atoms with Gasteiger partial charge in [-0.05, 0) is 42.5 Å². The van der Waals surface area contributed by atoms with Gasteiger partial charge in [-0.15, -0.1) is 5.10 Å². The molecule has 126 valence electrons. The molecule has 24 heavy (non-hydrogen) atoms. The highest BCUT2D eigenvalue weighted by Crippen LogP contribution is 2.11. The number of benzene rings is 1. The number of amides is 3. The lowest BCUT2D eigenvalue weighted by Gasteiger charge is -2.13. The molecule has 0 radical (unpaired) electrons. The Morgan fingerprint density at radius 1 is 1.33 bits per heavy atom. The first kappa shape index (κ1) is 17.1. The monoisotopic (exact) mass is 332 g/mol. The number of hydrogen-bond donors (Lipinski definition) is 2. The Morgan fingerprint density at radius 3 is 2.79 bits per heavy atom. The van der Waals surface area contributed by atoms with Crippen molar-refractivity contribution in [3.05, 3.63) is 36.2 Å². The summed E-state index contributed by atoms with van der Waals surface area (Å²) in [6.07, 6.45) is 0.254. The number of rotatable bonds is 5. The van der Waals surface area contributed by atoms with Gasteiger partial charge >= 0.3 is 12.0 Å². The van der Waals surface area contributed by atoms with Gasteiger partial charge in [0.05, 0.1) is 11.3 Å². The lowest BCUT2D eigenvalue weighted by Crippen LogP contribution is -2.44. The van der Waals surface area contributed by atoms with Crippen molar-refractivity contribution in [1.29, 1.82) is 0 Å². The summed E-state index contributed by atoms with van der Waals surface area (Å²) in [5, 5.41) is 15.2.